The Labute approximate surface area is 238 Å². The Hall–Kier alpha value is -3.87. The van der Waals surface area contributed by atoms with Gasteiger partial charge in [-0.05, 0) is 54.8 Å². The Morgan fingerprint density at radius 3 is 2.56 bits per heavy atom. The number of nitrogens with one attached hydrogen (secondary N) is 3. The Kier molecular flexibility index (Phi) is 7.45. The van der Waals surface area contributed by atoms with E-state index in [1.807, 2.05) is 4.90 Å². The molecule has 4 aromatic rings. The first-order valence-corrected chi connectivity index (χ1v) is 14.2. The number of fused-ring (bicyclic) bond motifs is 1. The van der Waals surface area contributed by atoms with Gasteiger partial charge in [-0.3, -0.25) is 14.5 Å². The Morgan fingerprint density at radius 1 is 1.00 bits per heavy atom. The van der Waals surface area contributed by atoms with Gasteiger partial charge >= 0.3 is 6.18 Å². The molecule has 212 valence electrons. The van der Waals surface area contributed by atoms with Crippen LogP contribution in [0.4, 0.5) is 24.0 Å². The second-order valence-corrected chi connectivity index (χ2v) is 11.2. The summed E-state index contributed by atoms with van der Waals surface area (Å²) in [5.41, 5.74) is 1.70. The van der Waals surface area contributed by atoms with Gasteiger partial charge in [-0.1, -0.05) is 29.5 Å². The average molecular weight is 581 g/mol. The normalized spacial score (nSPS) is 16.1. The molecule has 1 saturated heterocycles. The quantitative estimate of drug-likeness (QED) is 0.271. The molecule has 8 nitrogen and oxygen atoms in total. The van der Waals surface area contributed by atoms with Crippen molar-refractivity contribution in [1.82, 2.24) is 20.2 Å². The summed E-state index contributed by atoms with van der Waals surface area (Å²) in [5, 5.41) is 9.14. The SMILES string of the molecule is O=C(Nc1ccc(CN2CCNCC2)c(C(F)(F)F)c1)c1cccc(-c2ccc3nc(NC(=O)C4CC4)sc3n2)c1. The molecule has 2 aliphatic rings. The van der Waals surface area contributed by atoms with Crippen LogP contribution in [0.3, 0.4) is 0 Å². The van der Waals surface area contributed by atoms with E-state index >= 15 is 0 Å². The minimum absolute atomic E-state index is 0.0282. The highest BCUT2D eigenvalue weighted by molar-refractivity contribution is 7.22. The molecule has 2 fully saturated rings. The molecule has 6 rings (SSSR count). The zero-order valence-corrected chi connectivity index (χ0v) is 22.7. The molecule has 2 aromatic carbocycles. The summed E-state index contributed by atoms with van der Waals surface area (Å²) in [6.45, 7) is 3.02. The van der Waals surface area contributed by atoms with Gasteiger partial charge in [0.1, 0.15) is 10.3 Å². The number of piperazine rings is 1. The summed E-state index contributed by atoms with van der Waals surface area (Å²) in [7, 11) is 0. The predicted octanol–water partition coefficient (Wildman–Crippen LogP) is 5.38. The molecule has 0 radical (unpaired) electrons. The second kappa shape index (κ2) is 11.2. The molecule has 41 heavy (non-hydrogen) atoms. The summed E-state index contributed by atoms with van der Waals surface area (Å²) < 4.78 is 41.8. The van der Waals surface area contributed by atoms with Crippen LogP contribution in [0.15, 0.2) is 54.6 Å². The van der Waals surface area contributed by atoms with Crippen LogP contribution in [-0.2, 0) is 17.5 Å². The lowest BCUT2D eigenvalue weighted by molar-refractivity contribution is -0.138. The number of rotatable bonds is 7. The molecule has 0 spiro atoms. The third-order valence-electron chi connectivity index (χ3n) is 7.13. The van der Waals surface area contributed by atoms with E-state index < -0.39 is 17.6 Å². The first kappa shape index (κ1) is 27.3. The van der Waals surface area contributed by atoms with E-state index in [2.05, 4.69) is 25.9 Å². The van der Waals surface area contributed by atoms with Crippen LogP contribution in [0.2, 0.25) is 0 Å². The molecule has 12 heteroatoms. The Balaban J connectivity index is 1.19. The van der Waals surface area contributed by atoms with Gasteiger partial charge in [0.15, 0.2) is 5.13 Å². The highest BCUT2D eigenvalue weighted by Gasteiger charge is 2.34. The number of nitrogens with zero attached hydrogens (tertiary/aromatic N) is 3. The zero-order valence-electron chi connectivity index (χ0n) is 21.9. The molecule has 1 aliphatic heterocycles. The number of amides is 2. The number of benzene rings is 2. The lowest BCUT2D eigenvalue weighted by Gasteiger charge is -2.28. The van der Waals surface area contributed by atoms with Crippen molar-refractivity contribution in [2.45, 2.75) is 25.6 Å². The van der Waals surface area contributed by atoms with E-state index in [0.29, 0.717) is 39.8 Å². The maximum Gasteiger partial charge on any atom is 0.416 e. The molecule has 0 atom stereocenters. The maximum absolute atomic E-state index is 13.9. The minimum atomic E-state index is -4.55. The lowest BCUT2D eigenvalue weighted by atomic mass is 10.0. The number of aromatic nitrogens is 2. The number of anilines is 2. The van der Waals surface area contributed by atoms with Crippen LogP contribution < -0.4 is 16.0 Å². The van der Waals surface area contributed by atoms with E-state index in [-0.39, 0.29) is 35.2 Å². The van der Waals surface area contributed by atoms with Gasteiger partial charge < -0.3 is 16.0 Å². The van der Waals surface area contributed by atoms with E-state index in [9.17, 15) is 22.8 Å². The van der Waals surface area contributed by atoms with Crippen LogP contribution >= 0.6 is 11.3 Å². The Morgan fingerprint density at radius 2 is 1.80 bits per heavy atom. The predicted molar refractivity (Wildman–Crippen MR) is 152 cm³/mol. The largest absolute Gasteiger partial charge is 0.416 e. The molecule has 3 N–H and O–H groups in total. The third kappa shape index (κ3) is 6.39. The van der Waals surface area contributed by atoms with Gasteiger partial charge in [0.05, 0.1) is 11.3 Å². The zero-order chi connectivity index (χ0) is 28.6. The van der Waals surface area contributed by atoms with Gasteiger partial charge in [-0.15, -0.1) is 0 Å². The standard InChI is InChI=1S/C29H27F3N6O2S/c30-29(31,32)22-15-21(7-6-20(22)16-38-12-10-33-11-13-38)34-26(40)19-3-1-2-18(14-19)23-8-9-24-27(35-23)41-28(36-24)37-25(39)17-4-5-17/h1-3,6-9,14-15,17,33H,4-5,10-13,16H2,(H,34,40)(H,36,37,39). The number of hydrogen-bond donors (Lipinski definition) is 3. The molecular weight excluding hydrogens is 553 g/mol. The van der Waals surface area contributed by atoms with Crippen LogP contribution in [-0.4, -0.2) is 52.9 Å². The number of carbonyl (C=O) groups excluding carboxylic acids is 2. The number of halogens is 3. The summed E-state index contributed by atoms with van der Waals surface area (Å²) >= 11 is 1.28. The summed E-state index contributed by atoms with van der Waals surface area (Å²) in [6.07, 6.45) is -2.76. The molecule has 3 heterocycles. The van der Waals surface area contributed by atoms with Gasteiger partial charge in [0.25, 0.3) is 5.91 Å². The smallest absolute Gasteiger partial charge is 0.322 e. The van der Waals surface area contributed by atoms with Gasteiger partial charge in [0, 0.05) is 55.5 Å². The van der Waals surface area contributed by atoms with Crippen LogP contribution in [0.5, 0.6) is 0 Å². The van der Waals surface area contributed by atoms with E-state index in [0.717, 1.165) is 32.0 Å². The molecule has 2 aromatic heterocycles. The molecule has 1 saturated carbocycles. The number of carbonyl (C=O) groups is 2. The number of alkyl halides is 3. The van der Waals surface area contributed by atoms with Gasteiger partial charge in [-0.25, -0.2) is 9.97 Å². The van der Waals surface area contributed by atoms with E-state index in [4.69, 9.17) is 0 Å². The van der Waals surface area contributed by atoms with Crippen molar-refractivity contribution in [2.24, 2.45) is 5.92 Å². The van der Waals surface area contributed by atoms with Crippen molar-refractivity contribution >= 4 is 44.3 Å². The fraction of sp³-hybridized carbons (Fsp3) is 0.310. The lowest BCUT2D eigenvalue weighted by Crippen LogP contribution is -2.43. The first-order valence-electron chi connectivity index (χ1n) is 13.4. The minimum Gasteiger partial charge on any atom is -0.322 e. The Bertz CT molecular complexity index is 1610. The van der Waals surface area contributed by atoms with Crippen molar-refractivity contribution in [2.75, 3.05) is 36.8 Å². The summed E-state index contributed by atoms with van der Waals surface area (Å²) in [4.78, 5) is 36.8. The van der Waals surface area contributed by atoms with Gasteiger partial charge in [0.2, 0.25) is 5.91 Å². The molecule has 0 bridgehead atoms. The maximum atomic E-state index is 13.9. The van der Waals surface area contributed by atoms with Crippen LogP contribution in [0.1, 0.15) is 34.3 Å². The monoisotopic (exact) mass is 580 g/mol. The number of thiazole rings is 1. The summed E-state index contributed by atoms with van der Waals surface area (Å²) in [5.74, 6) is -0.493. The highest BCUT2D eigenvalue weighted by Crippen LogP contribution is 2.35. The van der Waals surface area contributed by atoms with Gasteiger partial charge in [-0.2, -0.15) is 13.2 Å². The average Bonchev–Trinajstić information content (AvgIpc) is 3.74. The molecular formula is C29H27F3N6O2S. The highest BCUT2D eigenvalue weighted by atomic mass is 32.1. The second-order valence-electron chi connectivity index (χ2n) is 10.2. The molecule has 2 amide bonds. The first-order chi connectivity index (χ1) is 19.7. The van der Waals surface area contributed by atoms with E-state index in [1.165, 1.54) is 23.5 Å². The van der Waals surface area contributed by atoms with Crippen molar-refractivity contribution in [3.63, 3.8) is 0 Å². The third-order valence-corrected chi connectivity index (χ3v) is 8.01. The molecule has 1 aliphatic carbocycles. The van der Waals surface area contributed by atoms with Crippen molar-refractivity contribution < 1.29 is 22.8 Å². The van der Waals surface area contributed by atoms with Crippen LogP contribution in [0, 0.1) is 5.92 Å². The fourth-order valence-corrected chi connectivity index (χ4v) is 5.61. The van der Waals surface area contributed by atoms with Crippen molar-refractivity contribution in [1.29, 1.82) is 0 Å². The van der Waals surface area contributed by atoms with Crippen LogP contribution in [0.25, 0.3) is 21.6 Å². The van der Waals surface area contributed by atoms with Crippen molar-refractivity contribution in [3.05, 3.63) is 71.3 Å². The van der Waals surface area contributed by atoms with E-state index in [1.54, 1.807) is 36.4 Å². The number of hydrogen-bond acceptors (Lipinski definition) is 7. The topological polar surface area (TPSA) is 99.3 Å². The van der Waals surface area contributed by atoms with Crippen molar-refractivity contribution in [3.8, 4) is 11.3 Å². The fourth-order valence-electron chi connectivity index (χ4n) is 4.77. The molecule has 0 unspecified atom stereocenters. The number of pyridine rings is 1. The summed E-state index contributed by atoms with van der Waals surface area (Å²) in [6, 6.07) is 14.3.